The zero-order valence-electron chi connectivity index (χ0n) is 15.2. The average Bonchev–Trinajstić information content (AvgIpc) is 3.29. The summed E-state index contributed by atoms with van der Waals surface area (Å²) in [7, 11) is 4.10. The zero-order valence-corrected chi connectivity index (χ0v) is 15.9. The van der Waals surface area contributed by atoms with Crippen LogP contribution in [0.4, 0.5) is 5.69 Å². The Morgan fingerprint density at radius 1 is 1.27 bits per heavy atom. The molecule has 136 valence electrons. The third-order valence-corrected chi connectivity index (χ3v) is 6.63. The highest BCUT2D eigenvalue weighted by molar-refractivity contribution is 6.32. The van der Waals surface area contributed by atoms with Crippen molar-refractivity contribution in [2.75, 3.05) is 20.6 Å². The molecule has 26 heavy (non-hydrogen) atoms. The van der Waals surface area contributed by atoms with Crippen molar-refractivity contribution in [1.29, 1.82) is 0 Å². The maximum Gasteiger partial charge on any atom is 0.113 e. The Morgan fingerprint density at radius 2 is 2.12 bits per heavy atom. The second-order valence-corrected chi connectivity index (χ2v) is 8.10. The highest BCUT2D eigenvalue weighted by atomic mass is 35.5. The summed E-state index contributed by atoms with van der Waals surface area (Å²) >= 11 is 6.67. The number of aliphatic imine (C=N–C) groups is 1. The largest absolute Gasteiger partial charge is 0.376 e. The monoisotopic (exact) mass is 370 g/mol. The molecular formula is C19H23ClN6. The fourth-order valence-electron chi connectivity index (χ4n) is 4.72. The van der Waals surface area contributed by atoms with E-state index >= 15 is 0 Å². The van der Waals surface area contributed by atoms with Gasteiger partial charge in [-0.05, 0) is 57.0 Å². The summed E-state index contributed by atoms with van der Waals surface area (Å²) < 4.78 is 1.80. The molecule has 3 aliphatic rings. The maximum atomic E-state index is 6.67. The number of hydrogen-bond acceptors (Lipinski definition) is 5. The molecule has 0 unspecified atom stereocenters. The molecule has 1 N–H and O–H groups in total. The van der Waals surface area contributed by atoms with Crippen molar-refractivity contribution in [1.82, 2.24) is 25.2 Å². The van der Waals surface area contributed by atoms with Crippen molar-refractivity contribution >= 4 is 23.1 Å². The van der Waals surface area contributed by atoms with Gasteiger partial charge >= 0.3 is 0 Å². The molecule has 0 radical (unpaired) electrons. The highest BCUT2D eigenvalue weighted by Crippen LogP contribution is 2.53. The minimum Gasteiger partial charge on any atom is -0.376 e. The molecule has 1 spiro atoms. The predicted molar refractivity (Wildman–Crippen MR) is 103 cm³/mol. The van der Waals surface area contributed by atoms with Gasteiger partial charge in [0.2, 0.25) is 0 Å². The van der Waals surface area contributed by atoms with Crippen LogP contribution in [0.2, 0.25) is 5.02 Å². The van der Waals surface area contributed by atoms with Gasteiger partial charge < -0.3 is 5.32 Å². The summed E-state index contributed by atoms with van der Waals surface area (Å²) in [5, 5.41) is 12.8. The van der Waals surface area contributed by atoms with Crippen molar-refractivity contribution in [3.05, 3.63) is 34.6 Å². The van der Waals surface area contributed by atoms with Crippen LogP contribution in [-0.2, 0) is 5.41 Å². The first-order valence-corrected chi connectivity index (χ1v) is 9.74. The van der Waals surface area contributed by atoms with E-state index in [1.165, 1.54) is 18.4 Å². The molecule has 2 aliphatic heterocycles. The molecular weight excluding hydrogens is 348 g/mol. The topological polar surface area (TPSA) is 58.3 Å². The summed E-state index contributed by atoms with van der Waals surface area (Å²) in [5.74, 6) is 1.07. The van der Waals surface area contributed by atoms with Crippen molar-refractivity contribution in [2.24, 2.45) is 4.99 Å². The smallest absolute Gasteiger partial charge is 0.113 e. The minimum atomic E-state index is 0.0480. The molecule has 7 heteroatoms. The lowest BCUT2D eigenvalue weighted by molar-refractivity contribution is 0.311. The van der Waals surface area contributed by atoms with Crippen LogP contribution in [0, 0.1) is 0 Å². The lowest BCUT2D eigenvalue weighted by Crippen LogP contribution is -2.45. The summed E-state index contributed by atoms with van der Waals surface area (Å²) in [6, 6.07) is 4.49. The molecule has 2 fully saturated rings. The van der Waals surface area contributed by atoms with Gasteiger partial charge in [0.05, 0.1) is 34.1 Å². The lowest BCUT2D eigenvalue weighted by atomic mass is 9.64. The van der Waals surface area contributed by atoms with Crippen LogP contribution in [0.1, 0.15) is 49.4 Å². The van der Waals surface area contributed by atoms with Crippen LogP contribution in [-0.4, -0.2) is 46.4 Å². The molecule has 2 aromatic rings. The van der Waals surface area contributed by atoms with Gasteiger partial charge in [0.1, 0.15) is 11.5 Å². The van der Waals surface area contributed by atoms with Gasteiger partial charge in [0, 0.05) is 7.05 Å². The summed E-state index contributed by atoms with van der Waals surface area (Å²) in [6.07, 6.45) is 7.86. The molecule has 1 saturated heterocycles. The van der Waals surface area contributed by atoms with Gasteiger partial charge in [0.15, 0.2) is 0 Å². The molecule has 1 saturated carbocycles. The third-order valence-electron chi connectivity index (χ3n) is 6.33. The molecule has 1 aliphatic carbocycles. The van der Waals surface area contributed by atoms with E-state index in [0.29, 0.717) is 11.1 Å². The van der Waals surface area contributed by atoms with Gasteiger partial charge in [-0.2, -0.15) is 0 Å². The standard InChI is InChI=1S/C19H23ClN6/c1-21-18-19(6-4-7-19)12-9-13(20)17(10-14(12)22-18)26-11-15(23-24-26)16-5-3-8-25(16)2/h9-11,16H,3-8H2,1-2H3,(H,21,22)/t16-/m1/s1. The number of amidine groups is 1. The first kappa shape index (κ1) is 16.3. The number of aromatic nitrogens is 3. The maximum absolute atomic E-state index is 6.67. The number of likely N-dealkylation sites (tertiary alicyclic amines) is 1. The molecule has 3 heterocycles. The van der Waals surface area contributed by atoms with E-state index in [0.717, 1.165) is 48.7 Å². The Hall–Kier alpha value is -1.92. The number of likely N-dealkylation sites (N-methyl/N-ethyl adjacent to an activating group) is 1. The van der Waals surface area contributed by atoms with Crippen LogP contribution in [0.5, 0.6) is 0 Å². The molecule has 5 rings (SSSR count). The van der Waals surface area contributed by atoms with Crippen molar-refractivity contribution in [3.8, 4) is 5.69 Å². The molecule has 0 amide bonds. The van der Waals surface area contributed by atoms with Gasteiger partial charge in [-0.15, -0.1) is 5.10 Å². The van der Waals surface area contributed by atoms with Gasteiger partial charge in [-0.1, -0.05) is 23.2 Å². The zero-order chi connectivity index (χ0) is 17.9. The van der Waals surface area contributed by atoms with Gasteiger partial charge in [0.25, 0.3) is 0 Å². The Balaban J connectivity index is 1.54. The predicted octanol–water partition coefficient (Wildman–Crippen LogP) is 3.37. The van der Waals surface area contributed by atoms with Crippen molar-refractivity contribution in [3.63, 3.8) is 0 Å². The van der Waals surface area contributed by atoms with E-state index in [1.807, 2.05) is 13.2 Å². The Labute approximate surface area is 158 Å². The van der Waals surface area contributed by atoms with Gasteiger partial charge in [-0.3, -0.25) is 4.90 Å². The second-order valence-electron chi connectivity index (χ2n) is 7.69. The lowest BCUT2D eigenvalue weighted by Gasteiger charge is -2.40. The van der Waals surface area contributed by atoms with E-state index < -0.39 is 0 Å². The number of nitrogens with one attached hydrogen (secondary N) is 1. The van der Waals surface area contributed by atoms with E-state index in [4.69, 9.17) is 16.6 Å². The summed E-state index contributed by atoms with van der Waals surface area (Å²) in [4.78, 5) is 7.18. The van der Waals surface area contributed by atoms with Crippen LogP contribution < -0.4 is 5.32 Å². The van der Waals surface area contributed by atoms with Crippen LogP contribution in [0.3, 0.4) is 0 Å². The number of benzene rings is 1. The summed E-state index contributed by atoms with van der Waals surface area (Å²) in [5.41, 5.74) is 4.16. The molecule has 6 nitrogen and oxygen atoms in total. The SMILES string of the molecule is CNC1=Nc2cc(-n3cc([C@H]4CCCN4C)nn3)c(Cl)cc2C12CCC2. The quantitative estimate of drug-likeness (QED) is 0.880. The van der Waals surface area contributed by atoms with Gasteiger partial charge in [-0.25, -0.2) is 9.67 Å². The van der Waals surface area contributed by atoms with E-state index in [-0.39, 0.29) is 5.41 Å². The highest BCUT2D eigenvalue weighted by Gasteiger charge is 2.48. The first-order chi connectivity index (χ1) is 12.6. The Morgan fingerprint density at radius 3 is 2.77 bits per heavy atom. The van der Waals surface area contributed by atoms with Crippen molar-refractivity contribution < 1.29 is 0 Å². The van der Waals surface area contributed by atoms with E-state index in [1.54, 1.807) is 4.68 Å². The normalized spacial score (nSPS) is 23.8. The van der Waals surface area contributed by atoms with E-state index in [9.17, 15) is 0 Å². The van der Waals surface area contributed by atoms with Crippen LogP contribution >= 0.6 is 11.6 Å². The first-order valence-electron chi connectivity index (χ1n) is 9.36. The molecule has 1 aromatic heterocycles. The third kappa shape index (κ3) is 2.18. The van der Waals surface area contributed by atoms with E-state index in [2.05, 4.69) is 39.7 Å². The number of nitrogens with zero attached hydrogens (tertiary/aromatic N) is 5. The fourth-order valence-corrected chi connectivity index (χ4v) is 4.97. The number of rotatable bonds is 2. The minimum absolute atomic E-state index is 0.0480. The number of hydrogen-bond donors (Lipinski definition) is 1. The van der Waals surface area contributed by atoms with Crippen LogP contribution in [0.25, 0.3) is 5.69 Å². The summed E-state index contributed by atoms with van der Waals surface area (Å²) in [6.45, 7) is 1.11. The second kappa shape index (κ2) is 5.79. The Kier molecular flexibility index (Phi) is 3.62. The average molecular weight is 371 g/mol. The Bertz CT molecular complexity index is 897. The fraction of sp³-hybridized carbons (Fsp3) is 0.526. The molecule has 1 atom stereocenters. The molecule has 0 bridgehead atoms. The number of fused-ring (bicyclic) bond motifs is 2. The number of halogens is 1. The van der Waals surface area contributed by atoms with Crippen LogP contribution in [0.15, 0.2) is 23.3 Å². The molecule has 1 aromatic carbocycles. The van der Waals surface area contributed by atoms with Crippen molar-refractivity contribution in [2.45, 2.75) is 43.6 Å².